The molecule has 0 radical (unpaired) electrons. The molecule has 0 bridgehead atoms. The van der Waals surface area contributed by atoms with Crippen LogP contribution in [0, 0.1) is 17.6 Å². The molecule has 7 nitrogen and oxygen atoms in total. The van der Waals surface area contributed by atoms with Crippen LogP contribution in [0.1, 0.15) is 12.8 Å². The summed E-state index contributed by atoms with van der Waals surface area (Å²) in [5.41, 5.74) is 10.9. The van der Waals surface area contributed by atoms with Gasteiger partial charge in [-0.1, -0.05) is 5.21 Å². The molecule has 3 heterocycles. The van der Waals surface area contributed by atoms with E-state index in [2.05, 4.69) is 20.3 Å². The molecular weight excluding hydrogens is 424 g/mol. The van der Waals surface area contributed by atoms with Gasteiger partial charge in [0.1, 0.15) is 29.2 Å². The Balaban J connectivity index is 1.37. The Morgan fingerprint density at radius 2 is 1.88 bits per heavy atom. The van der Waals surface area contributed by atoms with Gasteiger partial charge in [-0.25, -0.2) is 18.7 Å². The second kappa shape index (κ2) is 7.47. The number of anilines is 1. The predicted octanol–water partition coefficient (Wildman–Crippen LogP) is 4.62. The van der Waals surface area contributed by atoms with Gasteiger partial charge in [0, 0.05) is 35.6 Å². The van der Waals surface area contributed by atoms with Gasteiger partial charge in [0.05, 0.1) is 11.9 Å². The molecule has 6 rings (SSSR count). The van der Waals surface area contributed by atoms with E-state index in [0.717, 1.165) is 23.9 Å². The topological polar surface area (TPSA) is 87.4 Å². The zero-order valence-corrected chi connectivity index (χ0v) is 17.5. The molecule has 0 saturated heterocycles. The average Bonchev–Trinajstić information content (AvgIpc) is 3.30. The number of hydrogen-bond donors (Lipinski definition) is 1. The van der Waals surface area contributed by atoms with Crippen LogP contribution in [0.5, 0.6) is 0 Å². The van der Waals surface area contributed by atoms with Gasteiger partial charge in [-0.15, -0.1) is 5.10 Å². The first kappa shape index (κ1) is 19.5. The fourth-order valence-corrected chi connectivity index (χ4v) is 3.97. The Morgan fingerprint density at radius 1 is 1.00 bits per heavy atom. The molecule has 1 saturated carbocycles. The van der Waals surface area contributed by atoms with Crippen molar-refractivity contribution in [3.05, 3.63) is 72.8 Å². The van der Waals surface area contributed by atoms with Gasteiger partial charge in [0.25, 0.3) is 0 Å². The number of pyridine rings is 1. The lowest BCUT2D eigenvalue weighted by Gasteiger charge is -2.10. The van der Waals surface area contributed by atoms with Crippen LogP contribution < -0.4 is 5.73 Å². The van der Waals surface area contributed by atoms with Crippen LogP contribution in [0.3, 0.4) is 0 Å². The van der Waals surface area contributed by atoms with Crippen LogP contribution in [0.4, 0.5) is 14.5 Å². The molecule has 0 atom stereocenters. The maximum atomic E-state index is 14.4. The summed E-state index contributed by atoms with van der Waals surface area (Å²) in [6.07, 6.45) is 7.81. The van der Waals surface area contributed by atoms with Gasteiger partial charge >= 0.3 is 0 Å². The van der Waals surface area contributed by atoms with E-state index in [1.54, 1.807) is 35.3 Å². The minimum absolute atomic E-state index is 0.263. The van der Waals surface area contributed by atoms with Crippen molar-refractivity contribution in [2.45, 2.75) is 19.4 Å². The monoisotopic (exact) mass is 443 g/mol. The fourth-order valence-electron chi connectivity index (χ4n) is 3.97. The zero-order valence-electron chi connectivity index (χ0n) is 17.5. The molecule has 5 aromatic rings. The zero-order chi connectivity index (χ0) is 22.5. The van der Waals surface area contributed by atoms with Gasteiger partial charge < -0.3 is 5.73 Å². The molecule has 1 fully saturated rings. The normalized spacial score (nSPS) is 13.6. The van der Waals surface area contributed by atoms with E-state index < -0.39 is 11.6 Å². The van der Waals surface area contributed by atoms with Crippen LogP contribution in [0.2, 0.25) is 0 Å². The molecule has 1 aliphatic carbocycles. The molecule has 0 spiro atoms. The van der Waals surface area contributed by atoms with E-state index in [-0.39, 0.29) is 5.56 Å². The smallest absolute Gasteiger partial charge is 0.164 e. The maximum absolute atomic E-state index is 14.4. The first-order valence-electron chi connectivity index (χ1n) is 10.6. The van der Waals surface area contributed by atoms with Crippen LogP contribution in [-0.2, 0) is 6.54 Å². The first-order chi connectivity index (χ1) is 16.0. The summed E-state index contributed by atoms with van der Waals surface area (Å²) in [6.45, 7) is 0.893. The van der Waals surface area contributed by atoms with Crippen LogP contribution in [-0.4, -0.2) is 29.5 Å². The molecule has 2 N–H and O–H groups in total. The molecule has 164 valence electrons. The van der Waals surface area contributed by atoms with Crippen molar-refractivity contribution in [1.29, 1.82) is 0 Å². The lowest BCUT2D eigenvalue weighted by molar-refractivity contribution is 0.544. The number of fused-ring (bicyclic) bond motifs is 1. The van der Waals surface area contributed by atoms with Gasteiger partial charge in [-0.3, -0.25) is 9.25 Å². The largest absolute Gasteiger partial charge is 0.399 e. The molecule has 9 heteroatoms. The summed E-state index contributed by atoms with van der Waals surface area (Å²) in [5, 5.41) is 8.48. The van der Waals surface area contributed by atoms with E-state index in [4.69, 9.17) is 5.73 Å². The molecule has 0 aliphatic heterocycles. The summed E-state index contributed by atoms with van der Waals surface area (Å²) in [4.78, 5) is 9.09. The highest BCUT2D eigenvalue weighted by Crippen LogP contribution is 2.31. The minimum atomic E-state index is -0.653. The number of aromatic nitrogens is 6. The highest BCUT2D eigenvalue weighted by Gasteiger charge is 2.22. The first-order valence-corrected chi connectivity index (χ1v) is 10.6. The van der Waals surface area contributed by atoms with E-state index in [0.29, 0.717) is 34.0 Å². The molecule has 0 unspecified atom stereocenters. The third kappa shape index (κ3) is 3.71. The van der Waals surface area contributed by atoms with E-state index in [9.17, 15) is 8.78 Å². The molecule has 0 amide bonds. The van der Waals surface area contributed by atoms with E-state index in [1.165, 1.54) is 25.0 Å². The number of halogens is 2. The van der Waals surface area contributed by atoms with Crippen molar-refractivity contribution in [3.8, 4) is 28.1 Å². The lowest BCUT2D eigenvalue weighted by atomic mass is 10.0. The highest BCUT2D eigenvalue weighted by atomic mass is 19.1. The summed E-state index contributed by atoms with van der Waals surface area (Å²) < 4.78 is 31.3. The molecule has 3 aromatic heterocycles. The Kier molecular flexibility index (Phi) is 4.42. The number of nitrogens with two attached hydrogens (primary N) is 1. The number of hydrogen-bond acceptors (Lipinski definition) is 5. The number of benzene rings is 2. The van der Waals surface area contributed by atoms with Gasteiger partial charge in [-0.2, -0.15) is 0 Å². The number of rotatable bonds is 5. The van der Waals surface area contributed by atoms with Gasteiger partial charge in [0.2, 0.25) is 0 Å². The third-order valence-electron chi connectivity index (χ3n) is 5.82. The summed E-state index contributed by atoms with van der Waals surface area (Å²) in [5.74, 6) is -0.574. The SMILES string of the molecule is Nc1cc(-c2ccc(F)cc2F)cc(-n2cnc3cc(-c4cn(CC5CC5)nn4)cnc32)c1. The Morgan fingerprint density at radius 3 is 2.70 bits per heavy atom. The Labute approximate surface area is 187 Å². The summed E-state index contributed by atoms with van der Waals surface area (Å²) >= 11 is 0. The van der Waals surface area contributed by atoms with Crippen molar-refractivity contribution in [2.75, 3.05) is 5.73 Å². The highest BCUT2D eigenvalue weighted by molar-refractivity contribution is 5.80. The molecule has 2 aromatic carbocycles. The summed E-state index contributed by atoms with van der Waals surface area (Å²) in [6, 6.07) is 10.6. The van der Waals surface area contributed by atoms with E-state index >= 15 is 0 Å². The quantitative estimate of drug-likeness (QED) is 0.401. The van der Waals surface area contributed by atoms with Crippen LogP contribution >= 0.6 is 0 Å². The van der Waals surface area contributed by atoms with Gasteiger partial charge in [0.15, 0.2) is 5.65 Å². The Hall–Kier alpha value is -4.14. The van der Waals surface area contributed by atoms with Crippen molar-refractivity contribution < 1.29 is 8.78 Å². The standard InChI is InChI=1S/C24H19F2N7/c25-17-3-4-20(21(26)8-17)15-5-18(27)9-19(6-15)33-13-29-22-7-16(10-28-24(22)33)23-12-32(31-30-23)11-14-1-2-14/h3-10,12-14H,1-2,11,27H2. The van der Waals surface area contributed by atoms with Crippen LogP contribution in [0.25, 0.3) is 39.2 Å². The van der Waals surface area contributed by atoms with E-state index in [1.807, 2.05) is 16.9 Å². The van der Waals surface area contributed by atoms with Crippen molar-refractivity contribution in [2.24, 2.45) is 5.92 Å². The molecular formula is C24H19F2N7. The van der Waals surface area contributed by atoms with Crippen molar-refractivity contribution in [1.82, 2.24) is 29.5 Å². The Bertz CT molecular complexity index is 1500. The number of nitrogens with zero attached hydrogens (tertiary/aromatic N) is 6. The second-order valence-electron chi connectivity index (χ2n) is 8.39. The maximum Gasteiger partial charge on any atom is 0.164 e. The average molecular weight is 443 g/mol. The van der Waals surface area contributed by atoms with Crippen molar-refractivity contribution >= 4 is 16.9 Å². The minimum Gasteiger partial charge on any atom is -0.399 e. The van der Waals surface area contributed by atoms with Crippen molar-refractivity contribution in [3.63, 3.8) is 0 Å². The number of imidazole rings is 1. The third-order valence-corrected chi connectivity index (χ3v) is 5.82. The van der Waals surface area contributed by atoms with Crippen LogP contribution in [0.15, 0.2) is 61.2 Å². The second-order valence-corrected chi connectivity index (χ2v) is 8.39. The molecule has 33 heavy (non-hydrogen) atoms. The predicted molar refractivity (Wildman–Crippen MR) is 120 cm³/mol. The molecule has 1 aliphatic rings. The fraction of sp³-hybridized carbons (Fsp3) is 0.167. The number of nitrogen functional groups attached to an aromatic ring is 1. The lowest BCUT2D eigenvalue weighted by Crippen LogP contribution is -1.99. The summed E-state index contributed by atoms with van der Waals surface area (Å²) in [7, 11) is 0. The van der Waals surface area contributed by atoms with Gasteiger partial charge in [-0.05, 0) is 60.7 Å².